The molecule has 2 N–H and O–H groups in total. The molecule has 0 radical (unpaired) electrons. The molecule has 0 aliphatic carbocycles. The summed E-state index contributed by atoms with van der Waals surface area (Å²) in [7, 11) is 0. The summed E-state index contributed by atoms with van der Waals surface area (Å²) in [6.45, 7) is 4.74. The van der Waals surface area contributed by atoms with Gasteiger partial charge < -0.3 is 10.6 Å². The van der Waals surface area contributed by atoms with Crippen LogP contribution in [-0.2, 0) is 19.5 Å². The zero-order chi connectivity index (χ0) is 19.6. The fourth-order valence-electron chi connectivity index (χ4n) is 2.86. The molecular weight excluding hydrogens is 355 g/mol. The summed E-state index contributed by atoms with van der Waals surface area (Å²) >= 11 is 0. The van der Waals surface area contributed by atoms with Crippen molar-refractivity contribution in [2.45, 2.75) is 26.4 Å². The Labute approximate surface area is 164 Å². The highest BCUT2D eigenvalue weighted by molar-refractivity contribution is 5.79. The van der Waals surface area contributed by atoms with Crippen LogP contribution in [0.25, 0.3) is 0 Å². The first kappa shape index (κ1) is 19.5. The number of aliphatic imine (C=N–C) groups is 1. The lowest BCUT2D eigenvalue weighted by Gasteiger charge is -2.11. The van der Waals surface area contributed by atoms with E-state index >= 15 is 0 Å². The van der Waals surface area contributed by atoms with Gasteiger partial charge in [0.05, 0.1) is 13.1 Å². The number of nitrogens with one attached hydrogen (secondary N) is 2. The fraction of sp³-hybridized carbons (Fsp3) is 0.286. The lowest BCUT2D eigenvalue weighted by atomic mass is 10.1. The Morgan fingerprint density at radius 2 is 1.89 bits per heavy atom. The second-order valence-corrected chi connectivity index (χ2v) is 6.41. The van der Waals surface area contributed by atoms with Crippen LogP contribution in [0.1, 0.15) is 23.6 Å². The molecule has 2 aromatic carbocycles. The first-order valence-corrected chi connectivity index (χ1v) is 9.40. The van der Waals surface area contributed by atoms with E-state index in [-0.39, 0.29) is 5.82 Å². The number of aromatic nitrogens is 3. The maximum atomic E-state index is 13.3. The van der Waals surface area contributed by atoms with Gasteiger partial charge in [0, 0.05) is 13.1 Å². The van der Waals surface area contributed by atoms with E-state index in [2.05, 4.69) is 43.9 Å². The number of nitrogens with zero attached hydrogens (tertiary/aromatic N) is 4. The third-order valence-electron chi connectivity index (χ3n) is 4.16. The van der Waals surface area contributed by atoms with Crippen LogP contribution >= 0.6 is 0 Å². The van der Waals surface area contributed by atoms with Gasteiger partial charge in [-0.1, -0.05) is 36.4 Å². The van der Waals surface area contributed by atoms with Crippen LogP contribution in [-0.4, -0.2) is 33.8 Å². The zero-order valence-corrected chi connectivity index (χ0v) is 16.0. The van der Waals surface area contributed by atoms with Crippen LogP contribution in [0.15, 0.2) is 66.2 Å². The molecule has 3 rings (SSSR count). The minimum atomic E-state index is -0.205. The maximum Gasteiger partial charge on any atom is 0.191 e. The first-order chi connectivity index (χ1) is 13.7. The van der Waals surface area contributed by atoms with E-state index in [1.165, 1.54) is 12.4 Å². The summed E-state index contributed by atoms with van der Waals surface area (Å²) in [6.07, 6.45) is 3.97. The molecule has 7 heteroatoms. The molecule has 0 aliphatic heterocycles. The monoisotopic (exact) mass is 380 g/mol. The maximum absolute atomic E-state index is 13.3. The summed E-state index contributed by atoms with van der Waals surface area (Å²) in [5.41, 5.74) is 3.24. The van der Waals surface area contributed by atoms with E-state index in [1.807, 2.05) is 19.1 Å². The largest absolute Gasteiger partial charge is 0.357 e. The Bertz CT molecular complexity index is 891. The standard InChI is InChI=1S/C21H25FN6/c1-2-24-21(25-10-9-17-5-4-8-20(22)12-17)26-13-18-6-3-7-19(11-18)14-28-16-23-15-27-28/h3-8,11-12,15-16H,2,9-10,13-14H2,1H3,(H2,24,25,26). The normalized spacial score (nSPS) is 11.4. The molecule has 146 valence electrons. The average molecular weight is 380 g/mol. The SMILES string of the molecule is CCNC(=NCc1cccc(Cn2cncn2)c1)NCCc1cccc(F)c1. The summed E-state index contributed by atoms with van der Waals surface area (Å²) in [5, 5.41) is 10.7. The number of halogens is 1. The van der Waals surface area contributed by atoms with Crippen molar-refractivity contribution >= 4 is 5.96 Å². The Morgan fingerprint density at radius 1 is 1.07 bits per heavy atom. The topological polar surface area (TPSA) is 67.1 Å². The van der Waals surface area contributed by atoms with Crippen molar-refractivity contribution in [2.24, 2.45) is 4.99 Å². The van der Waals surface area contributed by atoms with Gasteiger partial charge in [0.1, 0.15) is 18.5 Å². The summed E-state index contributed by atoms with van der Waals surface area (Å²) < 4.78 is 15.1. The quantitative estimate of drug-likeness (QED) is 0.466. The number of benzene rings is 2. The van der Waals surface area contributed by atoms with Gasteiger partial charge in [-0.2, -0.15) is 5.10 Å². The lowest BCUT2D eigenvalue weighted by Crippen LogP contribution is -2.38. The third kappa shape index (κ3) is 6.19. The number of rotatable bonds is 8. The highest BCUT2D eigenvalue weighted by Crippen LogP contribution is 2.08. The molecule has 0 spiro atoms. The van der Waals surface area contributed by atoms with Crippen LogP contribution in [0.5, 0.6) is 0 Å². The Hall–Kier alpha value is -3.22. The van der Waals surface area contributed by atoms with Crippen LogP contribution in [0.3, 0.4) is 0 Å². The Balaban J connectivity index is 1.56. The number of hydrogen-bond acceptors (Lipinski definition) is 3. The van der Waals surface area contributed by atoms with Gasteiger partial charge in [-0.15, -0.1) is 0 Å². The van der Waals surface area contributed by atoms with Crippen LogP contribution < -0.4 is 10.6 Å². The van der Waals surface area contributed by atoms with Gasteiger partial charge in [-0.25, -0.2) is 19.0 Å². The molecule has 0 fully saturated rings. The van der Waals surface area contributed by atoms with Crippen molar-refractivity contribution in [1.29, 1.82) is 0 Å². The van der Waals surface area contributed by atoms with Crippen LogP contribution in [0, 0.1) is 5.82 Å². The minimum absolute atomic E-state index is 0.205. The molecule has 6 nitrogen and oxygen atoms in total. The van der Waals surface area contributed by atoms with Crippen LogP contribution in [0.4, 0.5) is 4.39 Å². The molecule has 0 saturated heterocycles. The van der Waals surface area contributed by atoms with Gasteiger partial charge >= 0.3 is 0 Å². The summed E-state index contributed by atoms with van der Waals surface area (Å²) in [4.78, 5) is 8.62. The van der Waals surface area contributed by atoms with Gasteiger partial charge in [0.2, 0.25) is 0 Å². The predicted octanol–water partition coefficient (Wildman–Crippen LogP) is 2.76. The second kappa shape index (κ2) is 10.2. The number of guanidine groups is 1. The molecule has 3 aromatic rings. The van der Waals surface area contributed by atoms with E-state index in [0.717, 1.165) is 35.6 Å². The van der Waals surface area contributed by atoms with Crippen molar-refractivity contribution in [2.75, 3.05) is 13.1 Å². The van der Waals surface area contributed by atoms with E-state index in [0.29, 0.717) is 19.6 Å². The minimum Gasteiger partial charge on any atom is -0.357 e. The van der Waals surface area contributed by atoms with Crippen molar-refractivity contribution in [3.63, 3.8) is 0 Å². The van der Waals surface area contributed by atoms with E-state index < -0.39 is 0 Å². The van der Waals surface area contributed by atoms with Gasteiger partial charge in [-0.3, -0.25) is 0 Å². The third-order valence-corrected chi connectivity index (χ3v) is 4.16. The highest BCUT2D eigenvalue weighted by atomic mass is 19.1. The van der Waals surface area contributed by atoms with E-state index in [4.69, 9.17) is 0 Å². The van der Waals surface area contributed by atoms with Crippen LogP contribution in [0.2, 0.25) is 0 Å². The molecule has 0 bridgehead atoms. The number of hydrogen-bond donors (Lipinski definition) is 2. The Kier molecular flexibility index (Phi) is 7.12. The molecule has 0 atom stereocenters. The second-order valence-electron chi connectivity index (χ2n) is 6.41. The van der Waals surface area contributed by atoms with Crippen molar-refractivity contribution in [3.05, 3.63) is 83.7 Å². The average Bonchev–Trinajstić information content (AvgIpc) is 3.19. The highest BCUT2D eigenvalue weighted by Gasteiger charge is 2.01. The molecule has 0 unspecified atom stereocenters. The summed E-state index contributed by atoms with van der Waals surface area (Å²) in [5.74, 6) is 0.546. The summed E-state index contributed by atoms with van der Waals surface area (Å²) in [6, 6.07) is 15.0. The van der Waals surface area contributed by atoms with E-state index in [1.54, 1.807) is 23.1 Å². The van der Waals surface area contributed by atoms with Crippen molar-refractivity contribution in [3.8, 4) is 0 Å². The molecule has 1 aromatic heterocycles. The van der Waals surface area contributed by atoms with Gasteiger partial charge in [0.25, 0.3) is 0 Å². The van der Waals surface area contributed by atoms with Gasteiger partial charge in [-0.05, 0) is 42.2 Å². The van der Waals surface area contributed by atoms with Gasteiger partial charge in [0.15, 0.2) is 5.96 Å². The molecule has 0 amide bonds. The lowest BCUT2D eigenvalue weighted by molar-refractivity contribution is 0.625. The molecule has 0 aliphatic rings. The van der Waals surface area contributed by atoms with E-state index in [9.17, 15) is 4.39 Å². The predicted molar refractivity (Wildman–Crippen MR) is 108 cm³/mol. The fourth-order valence-corrected chi connectivity index (χ4v) is 2.86. The molecule has 0 saturated carbocycles. The Morgan fingerprint density at radius 3 is 2.68 bits per heavy atom. The first-order valence-electron chi connectivity index (χ1n) is 9.40. The smallest absolute Gasteiger partial charge is 0.191 e. The van der Waals surface area contributed by atoms with Crippen molar-refractivity contribution in [1.82, 2.24) is 25.4 Å². The van der Waals surface area contributed by atoms with Crippen molar-refractivity contribution < 1.29 is 4.39 Å². The molecular formula is C21H25FN6. The zero-order valence-electron chi connectivity index (χ0n) is 16.0. The molecule has 28 heavy (non-hydrogen) atoms. The molecule has 1 heterocycles.